The smallest absolute Gasteiger partial charge is 0.0543 e. The number of thiol groups is 1. The topological polar surface area (TPSA) is 54.5 Å². The van der Waals surface area contributed by atoms with E-state index in [0.717, 1.165) is 29.9 Å². The minimum Gasteiger partial charge on any atom is -0.282 e. The lowest BCUT2D eigenvalue weighted by Crippen LogP contribution is -2.05. The highest BCUT2D eigenvalue weighted by molar-refractivity contribution is 8.68. The molecule has 142 valence electrons. The summed E-state index contributed by atoms with van der Waals surface area (Å²) < 4.78 is 0. The van der Waals surface area contributed by atoms with Crippen LogP contribution in [-0.4, -0.2) is 20.2 Å². The van der Waals surface area contributed by atoms with E-state index >= 15 is 0 Å². The van der Waals surface area contributed by atoms with Gasteiger partial charge in [0, 0.05) is 35.9 Å². The molecule has 0 saturated carbocycles. The third kappa shape index (κ3) is 5.36. The molecule has 4 nitrogen and oxygen atoms in total. The zero-order chi connectivity index (χ0) is 19.2. The van der Waals surface area contributed by atoms with Gasteiger partial charge in [-0.3, -0.25) is 15.1 Å². The number of pyridine rings is 2. The van der Waals surface area contributed by atoms with Crippen molar-refractivity contribution in [3.63, 3.8) is 0 Å². The van der Waals surface area contributed by atoms with Crippen molar-refractivity contribution < 1.29 is 0 Å². The molecule has 6 heteroatoms. The Hall–Kier alpha value is -1.79. The lowest BCUT2D eigenvalue weighted by Gasteiger charge is -2.15. The van der Waals surface area contributed by atoms with E-state index < -0.39 is 0 Å². The first-order valence-corrected chi connectivity index (χ1v) is 11.2. The van der Waals surface area contributed by atoms with Gasteiger partial charge in [0.1, 0.15) is 0 Å². The fraction of sp³-hybridized carbons (Fsp3) is 0.381. The molecule has 0 bridgehead atoms. The monoisotopic (exact) mass is 398 g/mol. The average Bonchev–Trinajstić information content (AvgIpc) is 3.23. The van der Waals surface area contributed by atoms with Crippen molar-refractivity contribution in [2.24, 2.45) is 0 Å². The molecule has 0 radical (unpaired) electrons. The Morgan fingerprint density at radius 1 is 1.07 bits per heavy atom. The normalized spacial score (nSPS) is 14.7. The Balaban J connectivity index is 1.69. The van der Waals surface area contributed by atoms with Crippen molar-refractivity contribution in [1.82, 2.24) is 20.2 Å². The van der Waals surface area contributed by atoms with E-state index in [0.29, 0.717) is 11.8 Å². The first kappa shape index (κ1) is 20.0. The molecule has 3 rings (SSSR count). The quantitative estimate of drug-likeness (QED) is 0.387. The third-order valence-corrected chi connectivity index (χ3v) is 6.40. The summed E-state index contributed by atoms with van der Waals surface area (Å²) in [5, 5.41) is 7.40. The Bertz CT molecular complexity index is 851. The summed E-state index contributed by atoms with van der Waals surface area (Å²) in [6.07, 6.45) is 7.59. The van der Waals surface area contributed by atoms with Gasteiger partial charge in [0.05, 0.1) is 10.9 Å². The fourth-order valence-electron chi connectivity index (χ4n) is 3.22. The van der Waals surface area contributed by atoms with Crippen molar-refractivity contribution in [3.8, 4) is 0 Å². The number of aromatic nitrogens is 4. The Labute approximate surface area is 170 Å². The first-order valence-electron chi connectivity index (χ1n) is 9.26. The molecule has 3 heterocycles. The molecule has 0 fully saturated rings. The maximum atomic E-state index is 4.81. The number of hydrogen-bond acceptors (Lipinski definition) is 5. The molecule has 0 aromatic carbocycles. The SMILES string of the molecule is CC(Cc1cccc(C(C)SS)n1)c1cncc(CC(C)c2ccn[nH]2)c1. The summed E-state index contributed by atoms with van der Waals surface area (Å²) in [6.45, 7) is 6.57. The molecular weight excluding hydrogens is 372 g/mol. The van der Waals surface area contributed by atoms with Crippen LogP contribution in [0.4, 0.5) is 0 Å². The molecule has 0 aliphatic carbocycles. The van der Waals surface area contributed by atoms with Crippen molar-refractivity contribution in [3.05, 3.63) is 77.1 Å². The fourth-order valence-corrected chi connectivity index (χ4v) is 3.78. The van der Waals surface area contributed by atoms with E-state index in [1.165, 1.54) is 21.9 Å². The summed E-state index contributed by atoms with van der Waals surface area (Å²) in [4.78, 5) is 9.29. The lowest BCUT2D eigenvalue weighted by molar-refractivity contribution is 0.708. The second-order valence-electron chi connectivity index (χ2n) is 7.15. The van der Waals surface area contributed by atoms with Crippen LogP contribution >= 0.6 is 22.5 Å². The zero-order valence-corrected chi connectivity index (χ0v) is 17.7. The van der Waals surface area contributed by atoms with Gasteiger partial charge in [0.15, 0.2) is 0 Å². The van der Waals surface area contributed by atoms with Gasteiger partial charge in [-0.25, -0.2) is 0 Å². The van der Waals surface area contributed by atoms with Gasteiger partial charge in [0.25, 0.3) is 0 Å². The summed E-state index contributed by atoms with van der Waals surface area (Å²) in [5.41, 5.74) is 5.87. The molecule has 3 atom stereocenters. The van der Waals surface area contributed by atoms with Crippen LogP contribution in [0.2, 0.25) is 0 Å². The van der Waals surface area contributed by atoms with Gasteiger partial charge in [0.2, 0.25) is 0 Å². The van der Waals surface area contributed by atoms with Crippen LogP contribution in [0.3, 0.4) is 0 Å². The van der Waals surface area contributed by atoms with Gasteiger partial charge in [-0.05, 0) is 55.0 Å². The second kappa shape index (κ2) is 9.42. The van der Waals surface area contributed by atoms with Crippen LogP contribution in [0.25, 0.3) is 0 Å². The van der Waals surface area contributed by atoms with Crippen molar-refractivity contribution >= 4 is 22.5 Å². The average molecular weight is 399 g/mol. The highest BCUT2D eigenvalue weighted by atomic mass is 33.1. The molecular formula is C21H26N4S2. The number of aromatic amines is 1. The van der Waals surface area contributed by atoms with Crippen molar-refractivity contribution in [1.29, 1.82) is 0 Å². The first-order chi connectivity index (χ1) is 13.1. The largest absolute Gasteiger partial charge is 0.282 e. The van der Waals surface area contributed by atoms with E-state index in [2.05, 4.69) is 71.9 Å². The molecule has 0 spiro atoms. The third-order valence-electron chi connectivity index (χ3n) is 4.90. The molecule has 27 heavy (non-hydrogen) atoms. The molecule has 3 aromatic rings. The number of hydrogen-bond donors (Lipinski definition) is 2. The Kier molecular flexibility index (Phi) is 6.96. The van der Waals surface area contributed by atoms with Crippen LogP contribution in [0, 0.1) is 0 Å². The standard InChI is InChI=1S/C21H26N4S2/c1-14(10-19-5-4-6-21(24-19)16(3)27-26)18-11-17(12-22-13-18)9-15(2)20-7-8-23-25-20/h4-8,11-16,26H,9-10H2,1-3H3,(H,23,25). The molecule has 3 aromatic heterocycles. The minimum absolute atomic E-state index is 0.289. The van der Waals surface area contributed by atoms with Gasteiger partial charge in [-0.2, -0.15) is 5.10 Å². The summed E-state index contributed by atoms with van der Waals surface area (Å²) in [7, 11) is 1.52. The molecule has 3 unspecified atom stereocenters. The Morgan fingerprint density at radius 3 is 2.67 bits per heavy atom. The predicted molar refractivity (Wildman–Crippen MR) is 116 cm³/mol. The number of rotatable bonds is 8. The predicted octanol–water partition coefficient (Wildman–Crippen LogP) is 5.53. The zero-order valence-electron chi connectivity index (χ0n) is 16.0. The summed E-state index contributed by atoms with van der Waals surface area (Å²) in [6, 6.07) is 10.6. The highest BCUT2D eigenvalue weighted by Crippen LogP contribution is 2.30. The van der Waals surface area contributed by atoms with Crippen molar-refractivity contribution in [2.45, 2.75) is 50.7 Å². The lowest BCUT2D eigenvalue weighted by atomic mass is 9.93. The summed E-state index contributed by atoms with van der Waals surface area (Å²) in [5.74, 6) is 0.750. The van der Waals surface area contributed by atoms with Crippen LogP contribution in [-0.2, 0) is 12.8 Å². The van der Waals surface area contributed by atoms with Crippen molar-refractivity contribution in [2.75, 3.05) is 0 Å². The maximum Gasteiger partial charge on any atom is 0.0543 e. The van der Waals surface area contributed by atoms with E-state index in [1.54, 1.807) is 6.20 Å². The Morgan fingerprint density at radius 2 is 1.93 bits per heavy atom. The molecule has 1 N–H and O–H groups in total. The van der Waals surface area contributed by atoms with Gasteiger partial charge >= 0.3 is 0 Å². The minimum atomic E-state index is 0.289. The maximum absolute atomic E-state index is 4.81. The number of H-pyrrole nitrogens is 1. The molecule has 0 amide bonds. The van der Waals surface area contributed by atoms with E-state index in [9.17, 15) is 0 Å². The van der Waals surface area contributed by atoms with E-state index in [-0.39, 0.29) is 5.25 Å². The van der Waals surface area contributed by atoms with E-state index in [1.807, 2.05) is 18.5 Å². The van der Waals surface area contributed by atoms with Crippen LogP contribution < -0.4 is 0 Å². The summed E-state index contributed by atoms with van der Waals surface area (Å²) >= 11 is 4.31. The van der Waals surface area contributed by atoms with Gasteiger partial charge in [-0.1, -0.05) is 36.8 Å². The van der Waals surface area contributed by atoms with Gasteiger partial charge in [-0.15, -0.1) is 11.7 Å². The molecule has 0 aliphatic rings. The van der Waals surface area contributed by atoms with Gasteiger partial charge < -0.3 is 0 Å². The van der Waals surface area contributed by atoms with Crippen LogP contribution in [0.1, 0.15) is 66.1 Å². The second-order valence-corrected chi connectivity index (χ2v) is 8.70. The van der Waals surface area contributed by atoms with E-state index in [4.69, 9.17) is 4.98 Å². The number of nitrogens with zero attached hydrogens (tertiary/aromatic N) is 3. The van der Waals surface area contributed by atoms with Crippen LogP contribution in [0.5, 0.6) is 0 Å². The number of nitrogens with one attached hydrogen (secondary N) is 1. The highest BCUT2D eigenvalue weighted by Gasteiger charge is 2.13. The molecule has 0 saturated heterocycles. The molecule has 0 aliphatic heterocycles. The van der Waals surface area contributed by atoms with Crippen LogP contribution in [0.15, 0.2) is 48.9 Å².